The average Bonchev–Trinajstić information content (AvgIpc) is 2.99. The fourth-order valence-corrected chi connectivity index (χ4v) is 4.96. The molecule has 0 spiro atoms. The highest BCUT2D eigenvalue weighted by Gasteiger charge is 2.47. The maximum absolute atomic E-state index is 12.7. The van der Waals surface area contributed by atoms with Gasteiger partial charge >= 0.3 is 5.97 Å². The van der Waals surface area contributed by atoms with Crippen molar-refractivity contribution < 1.29 is 14.7 Å². The molecule has 4 rings (SSSR count). The van der Waals surface area contributed by atoms with Gasteiger partial charge in [-0.3, -0.25) is 14.5 Å². The molecule has 7 heteroatoms. The van der Waals surface area contributed by atoms with E-state index in [4.69, 9.17) is 0 Å². The number of carbonyl (C=O) groups excluding carboxylic acids is 1. The fourth-order valence-electron chi connectivity index (χ4n) is 4.03. The van der Waals surface area contributed by atoms with Crippen molar-refractivity contribution in [3.63, 3.8) is 0 Å². The zero-order chi connectivity index (χ0) is 16.7. The lowest BCUT2D eigenvalue weighted by Gasteiger charge is -2.15. The zero-order valence-electron chi connectivity index (χ0n) is 13.7. The first kappa shape index (κ1) is 16.0. The van der Waals surface area contributed by atoms with Crippen LogP contribution in [0.2, 0.25) is 0 Å². The van der Waals surface area contributed by atoms with Crippen LogP contribution in [0.3, 0.4) is 0 Å². The summed E-state index contributed by atoms with van der Waals surface area (Å²) >= 11 is 1.46. The number of hydrogen-bond donors (Lipinski definition) is 1. The molecule has 24 heavy (non-hydrogen) atoms. The maximum atomic E-state index is 12.7. The summed E-state index contributed by atoms with van der Waals surface area (Å²) in [5.41, 5.74) is 0. The molecule has 1 N–H and O–H groups in total. The van der Waals surface area contributed by atoms with Crippen LogP contribution in [-0.4, -0.2) is 57.9 Å². The summed E-state index contributed by atoms with van der Waals surface area (Å²) in [6.45, 7) is 3.96. The highest BCUT2D eigenvalue weighted by molar-refractivity contribution is 7.13. The van der Waals surface area contributed by atoms with Crippen LogP contribution in [0.15, 0.2) is 6.20 Å². The predicted octanol–water partition coefficient (Wildman–Crippen LogP) is 1.92. The Labute approximate surface area is 145 Å². The van der Waals surface area contributed by atoms with Gasteiger partial charge in [0, 0.05) is 13.1 Å². The molecule has 1 aromatic rings. The number of rotatable bonds is 5. The number of hydrogen-bond acceptors (Lipinski definition) is 5. The second-order valence-corrected chi connectivity index (χ2v) is 8.37. The van der Waals surface area contributed by atoms with E-state index in [1.807, 2.05) is 0 Å². The van der Waals surface area contributed by atoms with Crippen LogP contribution in [0, 0.1) is 17.8 Å². The molecule has 1 amide bonds. The lowest BCUT2D eigenvalue weighted by molar-refractivity contribution is -0.142. The van der Waals surface area contributed by atoms with Crippen molar-refractivity contribution in [3.8, 4) is 0 Å². The van der Waals surface area contributed by atoms with Crippen molar-refractivity contribution in [3.05, 3.63) is 16.1 Å². The predicted molar refractivity (Wildman–Crippen MR) is 89.9 cm³/mol. The molecule has 3 fully saturated rings. The van der Waals surface area contributed by atoms with Crippen LogP contribution >= 0.6 is 11.3 Å². The van der Waals surface area contributed by atoms with Crippen molar-refractivity contribution in [2.75, 3.05) is 26.2 Å². The van der Waals surface area contributed by atoms with Crippen molar-refractivity contribution in [1.82, 2.24) is 14.8 Å². The summed E-state index contributed by atoms with van der Waals surface area (Å²) in [7, 11) is 0. The molecule has 0 bridgehead atoms. The van der Waals surface area contributed by atoms with Crippen molar-refractivity contribution >= 4 is 23.2 Å². The molecule has 2 atom stereocenters. The third-order valence-electron chi connectivity index (χ3n) is 5.52. The van der Waals surface area contributed by atoms with Crippen LogP contribution in [0.25, 0.3) is 0 Å². The summed E-state index contributed by atoms with van der Waals surface area (Å²) < 4.78 is 0. The van der Waals surface area contributed by atoms with E-state index in [9.17, 15) is 14.7 Å². The average molecular weight is 349 g/mol. The van der Waals surface area contributed by atoms with Crippen molar-refractivity contribution in [2.45, 2.75) is 32.2 Å². The molecule has 0 aromatic carbocycles. The molecule has 2 unspecified atom stereocenters. The van der Waals surface area contributed by atoms with E-state index in [-0.39, 0.29) is 11.8 Å². The number of carboxylic acid groups (broad SMARTS) is 1. The van der Waals surface area contributed by atoms with E-state index in [1.54, 1.807) is 11.1 Å². The molecule has 2 aliphatic heterocycles. The van der Waals surface area contributed by atoms with Gasteiger partial charge in [0.2, 0.25) is 0 Å². The molecule has 1 aliphatic carbocycles. The Morgan fingerprint density at radius 1 is 1.25 bits per heavy atom. The smallest absolute Gasteiger partial charge is 0.308 e. The second kappa shape index (κ2) is 6.44. The van der Waals surface area contributed by atoms with Gasteiger partial charge in [-0.1, -0.05) is 0 Å². The lowest BCUT2D eigenvalue weighted by atomic mass is 9.92. The number of aromatic nitrogens is 1. The Morgan fingerprint density at radius 3 is 2.67 bits per heavy atom. The summed E-state index contributed by atoms with van der Waals surface area (Å²) in [6, 6.07) is 0. The van der Waals surface area contributed by atoms with Gasteiger partial charge in [0.25, 0.3) is 5.91 Å². The van der Waals surface area contributed by atoms with Crippen molar-refractivity contribution in [1.29, 1.82) is 0 Å². The normalized spacial score (nSPS) is 27.8. The Hall–Kier alpha value is -1.47. The van der Waals surface area contributed by atoms with Gasteiger partial charge in [-0.15, -0.1) is 11.3 Å². The minimum atomic E-state index is -0.763. The van der Waals surface area contributed by atoms with Gasteiger partial charge in [-0.2, -0.15) is 0 Å². The van der Waals surface area contributed by atoms with Crippen LogP contribution in [-0.2, 0) is 11.3 Å². The van der Waals surface area contributed by atoms with Gasteiger partial charge in [-0.25, -0.2) is 4.98 Å². The van der Waals surface area contributed by atoms with Crippen LogP contribution in [0.1, 0.15) is 40.4 Å². The first-order valence-corrected chi connectivity index (χ1v) is 9.62. The van der Waals surface area contributed by atoms with Crippen LogP contribution in [0.5, 0.6) is 0 Å². The summed E-state index contributed by atoms with van der Waals surface area (Å²) in [5, 5.41) is 10.4. The Bertz CT molecular complexity index is 637. The largest absolute Gasteiger partial charge is 0.481 e. The first-order chi connectivity index (χ1) is 11.6. The molecular weight excluding hydrogens is 326 g/mol. The molecular formula is C17H23N3O3S. The third kappa shape index (κ3) is 3.19. The van der Waals surface area contributed by atoms with Gasteiger partial charge in [0.1, 0.15) is 9.88 Å². The number of carbonyl (C=O) groups is 2. The molecule has 3 aliphatic rings. The Morgan fingerprint density at radius 2 is 2.00 bits per heavy atom. The molecule has 1 aromatic heterocycles. The number of aliphatic carboxylic acids is 1. The Balaban J connectivity index is 1.42. The fraction of sp³-hybridized carbons (Fsp3) is 0.706. The maximum Gasteiger partial charge on any atom is 0.308 e. The van der Waals surface area contributed by atoms with Gasteiger partial charge in [-0.05, 0) is 50.6 Å². The van der Waals surface area contributed by atoms with Crippen LogP contribution in [0.4, 0.5) is 0 Å². The number of thiazole rings is 1. The summed E-state index contributed by atoms with van der Waals surface area (Å²) in [5.74, 6) is -0.589. The van der Waals surface area contributed by atoms with E-state index in [0.29, 0.717) is 23.9 Å². The van der Waals surface area contributed by atoms with E-state index in [2.05, 4.69) is 9.88 Å². The quantitative estimate of drug-likeness (QED) is 0.879. The van der Waals surface area contributed by atoms with Gasteiger partial charge in [0.05, 0.1) is 18.7 Å². The molecule has 3 heterocycles. The minimum absolute atomic E-state index is 0.0467. The van der Waals surface area contributed by atoms with E-state index < -0.39 is 11.9 Å². The zero-order valence-corrected chi connectivity index (χ0v) is 14.5. The monoisotopic (exact) mass is 349 g/mol. The lowest BCUT2D eigenvalue weighted by Crippen LogP contribution is -2.29. The van der Waals surface area contributed by atoms with Gasteiger partial charge in [0.15, 0.2) is 0 Å². The molecule has 2 saturated heterocycles. The minimum Gasteiger partial charge on any atom is -0.481 e. The second-order valence-electron chi connectivity index (χ2n) is 7.26. The third-order valence-corrected chi connectivity index (χ3v) is 6.49. The van der Waals surface area contributed by atoms with E-state index in [1.165, 1.54) is 24.2 Å². The number of amides is 1. The number of likely N-dealkylation sites (tertiary alicyclic amines) is 2. The standard InChI is InChI=1S/C17H23N3O3S/c21-16(14-7-18-15(24-14)10-19-5-1-2-6-19)20-8-12(11-3-4-11)13(9-20)17(22)23/h7,11-13H,1-6,8-10H2,(H,22,23). The highest BCUT2D eigenvalue weighted by atomic mass is 32.1. The number of nitrogens with zero attached hydrogens (tertiary/aromatic N) is 3. The molecule has 130 valence electrons. The SMILES string of the molecule is O=C(O)C1CN(C(=O)c2cnc(CN3CCCC3)s2)CC1C1CC1. The summed E-state index contributed by atoms with van der Waals surface area (Å²) in [6.07, 6.45) is 6.36. The number of carboxylic acids is 1. The summed E-state index contributed by atoms with van der Waals surface area (Å²) in [4.78, 5) is 33.4. The van der Waals surface area contributed by atoms with Crippen molar-refractivity contribution in [2.24, 2.45) is 17.8 Å². The van der Waals surface area contributed by atoms with Gasteiger partial charge < -0.3 is 10.0 Å². The highest BCUT2D eigenvalue weighted by Crippen LogP contribution is 2.44. The Kier molecular flexibility index (Phi) is 4.30. The molecule has 0 radical (unpaired) electrons. The first-order valence-electron chi connectivity index (χ1n) is 8.81. The molecule has 1 saturated carbocycles. The van der Waals surface area contributed by atoms with Crippen LogP contribution < -0.4 is 0 Å². The molecule has 6 nitrogen and oxygen atoms in total. The topological polar surface area (TPSA) is 73.7 Å². The van der Waals surface area contributed by atoms with E-state index in [0.717, 1.165) is 37.5 Å². The van der Waals surface area contributed by atoms with E-state index >= 15 is 0 Å².